The summed E-state index contributed by atoms with van der Waals surface area (Å²) in [5.41, 5.74) is 0.511. The number of hydrogen-bond acceptors (Lipinski definition) is 2. The Morgan fingerprint density at radius 3 is 2.46 bits per heavy atom. The van der Waals surface area contributed by atoms with Gasteiger partial charge >= 0.3 is 89.3 Å². The quantitative estimate of drug-likeness (QED) is 0.730. The Kier molecular flexibility index (Phi) is 3.32. The molecule has 2 nitrogen and oxygen atoms in total. The predicted octanol–water partition coefficient (Wildman–Crippen LogP) is 1.50. The van der Waals surface area contributed by atoms with Crippen LogP contribution in [0.3, 0.4) is 0 Å². The molecule has 0 atom stereocenters. The Hall–Kier alpha value is -0.561. The molecule has 1 aromatic rings. The second-order valence-corrected chi connectivity index (χ2v) is 10.6. The zero-order valence-corrected chi connectivity index (χ0v) is 11.0. The van der Waals surface area contributed by atoms with E-state index in [2.05, 4.69) is 25.8 Å². The third-order valence-corrected chi connectivity index (χ3v) is 5.21. The van der Waals surface area contributed by atoms with Gasteiger partial charge < -0.3 is 0 Å². The zero-order chi connectivity index (χ0) is 9.90. The molecule has 0 amide bonds. The summed E-state index contributed by atoms with van der Waals surface area (Å²) in [6.07, 6.45) is 1.86. The third kappa shape index (κ3) is 3.77. The number of pyridine rings is 1. The number of hydrogen-bond donors (Lipinski definition) is 0. The van der Waals surface area contributed by atoms with E-state index in [9.17, 15) is 0 Å². The Balaban J connectivity index is 2.77. The van der Waals surface area contributed by atoms with Crippen molar-refractivity contribution in [2.24, 2.45) is 0 Å². The summed E-state index contributed by atoms with van der Waals surface area (Å²) in [5.74, 6) is 0. The molecule has 13 heavy (non-hydrogen) atoms. The number of aromatic nitrogens is 1. The predicted molar refractivity (Wildman–Crippen MR) is 54.1 cm³/mol. The molecular weight excluding hydrogens is 267 g/mol. The molecule has 1 rings (SSSR count). The molecule has 0 bridgehead atoms. The van der Waals surface area contributed by atoms with Gasteiger partial charge in [-0.05, 0) is 0 Å². The van der Waals surface area contributed by atoms with Gasteiger partial charge in [0.25, 0.3) is 0 Å². The number of nitrogens with zero attached hydrogens (tertiary/aromatic N) is 2. The van der Waals surface area contributed by atoms with E-state index in [1.165, 1.54) is 3.58 Å². The maximum atomic E-state index is 8.56. The maximum absolute atomic E-state index is 8.56. The molecule has 0 aliphatic rings. The SMILES string of the molecule is C[C](C)(C)[Sn][c]1ccc(C#N)nc1. The van der Waals surface area contributed by atoms with E-state index in [0.717, 1.165) is 0 Å². The minimum absolute atomic E-state index is 0.444. The van der Waals surface area contributed by atoms with E-state index in [1.807, 2.05) is 24.4 Å². The second kappa shape index (κ2) is 4.10. The van der Waals surface area contributed by atoms with Crippen LogP contribution in [0, 0.1) is 11.3 Å². The first-order valence-corrected chi connectivity index (χ1v) is 7.01. The van der Waals surface area contributed by atoms with Crippen molar-refractivity contribution in [2.45, 2.75) is 24.2 Å². The third-order valence-electron chi connectivity index (χ3n) is 1.40. The van der Waals surface area contributed by atoms with Crippen molar-refractivity contribution in [2.75, 3.05) is 0 Å². The van der Waals surface area contributed by atoms with Gasteiger partial charge in [-0.3, -0.25) is 0 Å². The van der Waals surface area contributed by atoms with Crippen LogP contribution in [0.4, 0.5) is 0 Å². The van der Waals surface area contributed by atoms with Crippen molar-refractivity contribution in [1.82, 2.24) is 4.98 Å². The van der Waals surface area contributed by atoms with Crippen molar-refractivity contribution in [1.29, 1.82) is 5.26 Å². The Morgan fingerprint density at radius 1 is 1.38 bits per heavy atom. The van der Waals surface area contributed by atoms with Gasteiger partial charge in [-0.2, -0.15) is 0 Å². The molecule has 0 aliphatic carbocycles. The van der Waals surface area contributed by atoms with Crippen LogP contribution in [0.1, 0.15) is 26.5 Å². The van der Waals surface area contributed by atoms with Gasteiger partial charge in [0.2, 0.25) is 0 Å². The molecule has 0 saturated carbocycles. The van der Waals surface area contributed by atoms with Crippen LogP contribution in [-0.2, 0) is 0 Å². The average Bonchev–Trinajstić information content (AvgIpc) is 2.03. The minimum atomic E-state index is -0.551. The molecule has 0 fully saturated rings. The molecule has 66 valence electrons. The fourth-order valence-electron chi connectivity index (χ4n) is 0.967. The molecule has 1 heterocycles. The van der Waals surface area contributed by atoms with Crippen LogP contribution in [-0.4, -0.2) is 26.1 Å². The average molecular weight is 279 g/mol. The Labute approximate surface area is 89.2 Å². The monoisotopic (exact) mass is 280 g/mol. The van der Waals surface area contributed by atoms with Crippen LogP contribution < -0.4 is 3.58 Å². The zero-order valence-electron chi connectivity index (χ0n) is 8.13. The molecule has 0 spiro atoms. The molecule has 0 N–H and O–H groups in total. The van der Waals surface area contributed by atoms with Crippen molar-refractivity contribution < 1.29 is 0 Å². The summed E-state index contributed by atoms with van der Waals surface area (Å²) in [4.78, 5) is 4.06. The standard InChI is InChI=1S/C6H3N2.C4H9.Sn/c7-5-6-3-1-2-4-8-6;1-4(2)3;/h1,3-4H;1-3H3;. The van der Waals surface area contributed by atoms with E-state index in [0.29, 0.717) is 9.12 Å². The van der Waals surface area contributed by atoms with Crippen molar-refractivity contribution in [3.8, 4) is 6.07 Å². The first kappa shape index (κ1) is 10.5. The van der Waals surface area contributed by atoms with Gasteiger partial charge in [0, 0.05) is 0 Å². The normalized spacial score (nSPS) is 10.9. The summed E-state index contributed by atoms with van der Waals surface area (Å²) in [6, 6.07) is 5.88. The van der Waals surface area contributed by atoms with E-state index < -0.39 is 21.1 Å². The van der Waals surface area contributed by atoms with E-state index in [-0.39, 0.29) is 0 Å². The van der Waals surface area contributed by atoms with Crippen molar-refractivity contribution >= 4 is 24.7 Å². The van der Waals surface area contributed by atoms with E-state index >= 15 is 0 Å². The topological polar surface area (TPSA) is 36.7 Å². The fourth-order valence-corrected chi connectivity index (χ4v) is 4.28. The molecule has 0 saturated heterocycles. The van der Waals surface area contributed by atoms with Gasteiger partial charge in [-0.15, -0.1) is 0 Å². The summed E-state index contributed by atoms with van der Waals surface area (Å²) in [6.45, 7) is 6.78. The Morgan fingerprint density at radius 2 is 2.08 bits per heavy atom. The van der Waals surface area contributed by atoms with Crippen LogP contribution in [0.25, 0.3) is 0 Å². The Bertz CT molecular complexity index is 316. The number of nitriles is 1. The molecule has 0 aromatic carbocycles. The number of rotatable bonds is 1. The van der Waals surface area contributed by atoms with Gasteiger partial charge in [0.1, 0.15) is 0 Å². The molecule has 0 unspecified atom stereocenters. The summed E-state index contributed by atoms with van der Waals surface area (Å²) >= 11 is -0.551. The summed E-state index contributed by atoms with van der Waals surface area (Å²) in [7, 11) is 0. The molecule has 0 aliphatic heterocycles. The summed E-state index contributed by atoms with van der Waals surface area (Å²) in [5, 5.41) is 8.56. The summed E-state index contributed by atoms with van der Waals surface area (Å²) < 4.78 is 1.80. The van der Waals surface area contributed by atoms with Crippen molar-refractivity contribution in [3.63, 3.8) is 0 Å². The van der Waals surface area contributed by atoms with E-state index in [4.69, 9.17) is 5.26 Å². The van der Waals surface area contributed by atoms with Gasteiger partial charge in [-0.25, -0.2) is 0 Å². The molecule has 2 radical (unpaired) electrons. The second-order valence-electron chi connectivity index (χ2n) is 3.92. The fraction of sp³-hybridized carbons (Fsp3) is 0.400. The molecular formula is C10H12N2Sn. The molecule has 3 heteroatoms. The van der Waals surface area contributed by atoms with Crippen molar-refractivity contribution in [3.05, 3.63) is 24.0 Å². The van der Waals surface area contributed by atoms with Gasteiger partial charge in [0.05, 0.1) is 0 Å². The first-order valence-electron chi connectivity index (χ1n) is 4.15. The van der Waals surface area contributed by atoms with Crippen LogP contribution >= 0.6 is 0 Å². The van der Waals surface area contributed by atoms with Gasteiger partial charge in [-0.1, -0.05) is 0 Å². The first-order chi connectivity index (χ1) is 6.01. The van der Waals surface area contributed by atoms with Crippen LogP contribution in [0.5, 0.6) is 0 Å². The van der Waals surface area contributed by atoms with Crippen LogP contribution in [0.15, 0.2) is 18.3 Å². The van der Waals surface area contributed by atoms with E-state index in [1.54, 1.807) is 0 Å². The molecule has 1 aromatic heterocycles. The van der Waals surface area contributed by atoms with Gasteiger partial charge in [0.15, 0.2) is 0 Å². The van der Waals surface area contributed by atoms with Crippen LogP contribution in [0.2, 0.25) is 3.43 Å².